The number of carbonyl (C=O) groups excluding carboxylic acids is 1. The number of piperidine rings is 1. The molecule has 1 aliphatic heterocycles. The monoisotopic (exact) mass is 395 g/mol. The van der Waals surface area contributed by atoms with Crippen molar-refractivity contribution in [2.45, 2.75) is 26.7 Å². The maximum absolute atomic E-state index is 12.8. The minimum absolute atomic E-state index is 0.0389. The van der Waals surface area contributed by atoms with Crippen LogP contribution in [0.3, 0.4) is 0 Å². The number of amides is 1. The highest BCUT2D eigenvalue weighted by Crippen LogP contribution is 2.27. The van der Waals surface area contributed by atoms with Crippen LogP contribution >= 0.6 is 11.3 Å². The van der Waals surface area contributed by atoms with Crippen molar-refractivity contribution in [3.8, 4) is 10.6 Å². The Morgan fingerprint density at radius 2 is 2.07 bits per heavy atom. The molecule has 0 aliphatic carbocycles. The number of hydrogen-bond acceptors (Lipinski definition) is 8. The average Bonchev–Trinajstić information content (AvgIpc) is 3.16. The number of carbonyl (C=O) groups is 1. The number of nitrogens with one attached hydrogen (secondary N) is 1. The van der Waals surface area contributed by atoms with Crippen LogP contribution in [0.2, 0.25) is 0 Å². The smallest absolute Gasteiger partial charge is 0.231 e. The average molecular weight is 395 g/mol. The lowest BCUT2D eigenvalue weighted by Gasteiger charge is -2.32. The van der Waals surface area contributed by atoms with E-state index < -0.39 is 0 Å². The second-order valence-electron chi connectivity index (χ2n) is 6.88. The van der Waals surface area contributed by atoms with E-state index in [1.54, 1.807) is 12.4 Å². The molecule has 0 radical (unpaired) electrons. The predicted octanol–water partition coefficient (Wildman–Crippen LogP) is 2.86. The number of pyridine rings is 1. The van der Waals surface area contributed by atoms with Gasteiger partial charge in [0.05, 0.1) is 5.92 Å². The molecular formula is C19H21N7OS. The van der Waals surface area contributed by atoms with E-state index in [0.717, 1.165) is 41.3 Å². The molecule has 4 heterocycles. The van der Waals surface area contributed by atoms with Gasteiger partial charge in [0, 0.05) is 42.4 Å². The third-order valence-electron chi connectivity index (χ3n) is 4.61. The van der Waals surface area contributed by atoms with Crippen LogP contribution in [0.1, 0.15) is 24.2 Å². The molecule has 1 saturated heterocycles. The van der Waals surface area contributed by atoms with E-state index in [-0.39, 0.29) is 11.8 Å². The van der Waals surface area contributed by atoms with Crippen LogP contribution in [0.5, 0.6) is 0 Å². The Morgan fingerprint density at radius 1 is 1.25 bits per heavy atom. The topological polar surface area (TPSA) is 96.8 Å². The predicted molar refractivity (Wildman–Crippen MR) is 108 cm³/mol. The van der Waals surface area contributed by atoms with Crippen molar-refractivity contribution < 1.29 is 4.79 Å². The number of hydrogen-bond donors (Lipinski definition) is 1. The Morgan fingerprint density at radius 3 is 2.82 bits per heavy atom. The maximum Gasteiger partial charge on any atom is 0.231 e. The number of anilines is 2. The molecule has 1 fully saturated rings. The minimum atomic E-state index is -0.135. The van der Waals surface area contributed by atoms with Crippen molar-refractivity contribution in [3.05, 3.63) is 42.0 Å². The van der Waals surface area contributed by atoms with Crippen LogP contribution in [0.4, 0.5) is 11.1 Å². The van der Waals surface area contributed by atoms with Gasteiger partial charge in [-0.25, -0.2) is 9.97 Å². The standard InChI is InChI=1S/C19H21N7OS/c1-12-9-13(2)22-18(21-12)26-8-4-6-15(11-26)16(27)23-19-25-24-17(28-19)14-5-3-7-20-10-14/h3,5,7,9-10,15H,4,6,8,11H2,1-2H3,(H,23,25,27)/t15-/m1/s1. The van der Waals surface area contributed by atoms with Crippen molar-refractivity contribution in [3.63, 3.8) is 0 Å². The van der Waals surface area contributed by atoms with E-state index in [1.807, 2.05) is 32.0 Å². The molecule has 3 aromatic rings. The van der Waals surface area contributed by atoms with Crippen LogP contribution in [-0.2, 0) is 4.79 Å². The van der Waals surface area contributed by atoms with Gasteiger partial charge in [0.15, 0.2) is 5.01 Å². The summed E-state index contributed by atoms with van der Waals surface area (Å²) in [5, 5.41) is 12.4. The first kappa shape index (κ1) is 18.4. The number of aromatic nitrogens is 5. The van der Waals surface area contributed by atoms with Crippen LogP contribution < -0.4 is 10.2 Å². The molecule has 0 saturated carbocycles. The fourth-order valence-electron chi connectivity index (χ4n) is 3.31. The quantitative estimate of drug-likeness (QED) is 0.725. The summed E-state index contributed by atoms with van der Waals surface area (Å²) in [6.45, 7) is 5.38. The summed E-state index contributed by atoms with van der Waals surface area (Å²) >= 11 is 1.35. The maximum atomic E-state index is 12.8. The van der Waals surface area contributed by atoms with Gasteiger partial charge >= 0.3 is 0 Å². The highest BCUT2D eigenvalue weighted by atomic mass is 32.1. The van der Waals surface area contributed by atoms with E-state index in [9.17, 15) is 4.79 Å². The zero-order valence-electron chi connectivity index (χ0n) is 15.8. The zero-order chi connectivity index (χ0) is 19.5. The fraction of sp³-hybridized carbons (Fsp3) is 0.368. The normalized spacial score (nSPS) is 16.8. The van der Waals surface area contributed by atoms with Crippen LogP contribution in [-0.4, -0.2) is 44.1 Å². The van der Waals surface area contributed by atoms with Crippen LogP contribution in [0, 0.1) is 19.8 Å². The molecule has 0 spiro atoms. The highest BCUT2D eigenvalue weighted by molar-refractivity contribution is 7.18. The first-order valence-electron chi connectivity index (χ1n) is 9.20. The molecule has 1 aliphatic rings. The van der Waals surface area contributed by atoms with Gasteiger partial charge in [-0.05, 0) is 44.9 Å². The Hall–Kier alpha value is -2.94. The first-order chi connectivity index (χ1) is 13.6. The third kappa shape index (κ3) is 4.14. The lowest BCUT2D eigenvalue weighted by Crippen LogP contribution is -2.41. The van der Waals surface area contributed by atoms with E-state index in [1.165, 1.54) is 11.3 Å². The second-order valence-corrected chi connectivity index (χ2v) is 7.86. The fourth-order valence-corrected chi connectivity index (χ4v) is 4.05. The third-order valence-corrected chi connectivity index (χ3v) is 5.50. The summed E-state index contributed by atoms with van der Waals surface area (Å²) in [5.74, 6) is 0.525. The van der Waals surface area contributed by atoms with Crippen molar-refractivity contribution in [1.29, 1.82) is 0 Å². The molecule has 4 rings (SSSR count). The van der Waals surface area contributed by atoms with Gasteiger partial charge in [-0.1, -0.05) is 11.3 Å². The summed E-state index contributed by atoms with van der Waals surface area (Å²) in [6.07, 6.45) is 5.20. The highest BCUT2D eigenvalue weighted by Gasteiger charge is 2.28. The van der Waals surface area contributed by atoms with Gasteiger partial charge in [-0.2, -0.15) is 0 Å². The minimum Gasteiger partial charge on any atom is -0.340 e. The first-order valence-corrected chi connectivity index (χ1v) is 10.0. The Balaban J connectivity index is 1.43. The van der Waals surface area contributed by atoms with Gasteiger partial charge in [-0.3, -0.25) is 9.78 Å². The van der Waals surface area contributed by atoms with Crippen molar-refractivity contribution >= 4 is 28.3 Å². The number of nitrogens with zero attached hydrogens (tertiary/aromatic N) is 6. The Kier molecular flexibility index (Phi) is 5.25. The van der Waals surface area contributed by atoms with Crippen molar-refractivity contribution in [2.24, 2.45) is 5.92 Å². The summed E-state index contributed by atoms with van der Waals surface area (Å²) in [5.41, 5.74) is 2.76. The molecule has 8 nitrogen and oxygen atoms in total. The molecule has 0 unspecified atom stereocenters. The second kappa shape index (κ2) is 7.97. The molecule has 1 N–H and O–H groups in total. The van der Waals surface area contributed by atoms with Crippen molar-refractivity contribution in [1.82, 2.24) is 25.1 Å². The molecule has 144 valence electrons. The lowest BCUT2D eigenvalue weighted by atomic mass is 9.97. The molecule has 1 amide bonds. The SMILES string of the molecule is Cc1cc(C)nc(N2CCC[C@@H](C(=O)Nc3nnc(-c4cccnc4)s3)C2)n1. The van der Waals surface area contributed by atoms with Gasteiger partial charge < -0.3 is 10.2 Å². The summed E-state index contributed by atoms with van der Waals surface area (Å²) in [7, 11) is 0. The molecule has 1 atom stereocenters. The largest absolute Gasteiger partial charge is 0.340 e. The zero-order valence-corrected chi connectivity index (χ0v) is 16.6. The van der Waals surface area contributed by atoms with Crippen LogP contribution in [0.15, 0.2) is 30.6 Å². The van der Waals surface area contributed by atoms with E-state index in [2.05, 4.69) is 35.4 Å². The molecule has 28 heavy (non-hydrogen) atoms. The summed E-state index contributed by atoms with van der Waals surface area (Å²) in [6, 6.07) is 5.72. The van der Waals surface area contributed by atoms with Gasteiger partial charge in [0.25, 0.3) is 0 Å². The lowest BCUT2D eigenvalue weighted by molar-refractivity contribution is -0.120. The van der Waals surface area contributed by atoms with Crippen molar-refractivity contribution in [2.75, 3.05) is 23.3 Å². The molecular weight excluding hydrogens is 374 g/mol. The summed E-state index contributed by atoms with van der Waals surface area (Å²) < 4.78 is 0. The van der Waals surface area contributed by atoms with Gasteiger partial charge in [0.2, 0.25) is 17.0 Å². The Bertz CT molecular complexity index is 955. The van der Waals surface area contributed by atoms with E-state index in [4.69, 9.17) is 0 Å². The van der Waals surface area contributed by atoms with Gasteiger partial charge in [0.1, 0.15) is 0 Å². The number of rotatable bonds is 4. The van der Waals surface area contributed by atoms with Crippen LogP contribution in [0.25, 0.3) is 10.6 Å². The number of aryl methyl sites for hydroxylation is 2. The van der Waals surface area contributed by atoms with E-state index >= 15 is 0 Å². The summed E-state index contributed by atoms with van der Waals surface area (Å²) in [4.78, 5) is 28.0. The molecule has 0 bridgehead atoms. The molecule has 3 aromatic heterocycles. The molecule has 0 aromatic carbocycles. The Labute approximate surface area is 167 Å². The van der Waals surface area contributed by atoms with E-state index in [0.29, 0.717) is 17.6 Å². The molecule has 9 heteroatoms. The van der Waals surface area contributed by atoms with Gasteiger partial charge in [-0.15, -0.1) is 10.2 Å².